The highest BCUT2D eigenvalue weighted by atomic mass is 16.2. The van der Waals surface area contributed by atoms with Crippen molar-refractivity contribution in [3.05, 3.63) is 0 Å². The molecule has 2 heterocycles. The summed E-state index contributed by atoms with van der Waals surface area (Å²) in [6.45, 7) is 0. The average molecular weight is 163 g/mol. The lowest BCUT2D eigenvalue weighted by Crippen LogP contribution is -2.29. The summed E-state index contributed by atoms with van der Waals surface area (Å²) in [7, 11) is 0. The molecular formula is C5HN5O2. The first-order valence-electron chi connectivity index (χ1n) is 2.97. The summed E-state index contributed by atoms with van der Waals surface area (Å²) in [4.78, 5) is 28.1. The van der Waals surface area contributed by atoms with Crippen molar-refractivity contribution >= 4 is 29.6 Å². The zero-order valence-corrected chi connectivity index (χ0v) is 5.63. The Morgan fingerprint density at radius 3 is 2.92 bits per heavy atom. The largest absolute Gasteiger partial charge is 0.367 e. The number of hydrogen-bond acceptors (Lipinski definition) is 4. The van der Waals surface area contributed by atoms with Crippen LogP contribution in [0.15, 0.2) is 25.4 Å². The molecule has 2 rings (SSSR count). The van der Waals surface area contributed by atoms with Crippen molar-refractivity contribution < 1.29 is 9.59 Å². The molecule has 0 aromatic carbocycles. The predicted octanol–water partition coefficient (Wildman–Crippen LogP) is -0.0198. The van der Waals surface area contributed by atoms with E-state index < -0.39 is 11.9 Å². The van der Waals surface area contributed by atoms with Gasteiger partial charge in [-0.25, -0.2) is 4.79 Å². The summed E-state index contributed by atoms with van der Waals surface area (Å²) in [5.41, 5.74) is 0.0830. The number of amides is 3. The average Bonchev–Trinajstić information content (AvgIpc) is 2.07. The Bertz CT molecular complexity index is 389. The molecule has 0 saturated carbocycles. The van der Waals surface area contributed by atoms with E-state index >= 15 is 0 Å². The summed E-state index contributed by atoms with van der Waals surface area (Å²) in [6.07, 6.45) is 1.14. The van der Waals surface area contributed by atoms with Crippen LogP contribution in [0, 0.1) is 0 Å². The third-order valence-electron chi connectivity index (χ3n) is 1.24. The van der Waals surface area contributed by atoms with Crippen LogP contribution in [0.4, 0.5) is 4.79 Å². The van der Waals surface area contributed by atoms with E-state index in [0.717, 1.165) is 6.21 Å². The molecule has 0 fully saturated rings. The smallest absolute Gasteiger partial charge is 0.263 e. The molecule has 12 heavy (non-hydrogen) atoms. The van der Waals surface area contributed by atoms with E-state index in [9.17, 15) is 9.59 Å². The Balaban J connectivity index is 2.53. The van der Waals surface area contributed by atoms with Gasteiger partial charge in [-0.05, 0) is 5.22 Å². The number of fused-ring (bicyclic) bond motifs is 1. The second-order valence-electron chi connectivity index (χ2n) is 1.98. The van der Waals surface area contributed by atoms with Gasteiger partial charge in [-0.3, -0.25) is 4.79 Å². The SMILES string of the molecule is O=C1N=CC2=NN=NC(=O)C2=N1. The fraction of sp³-hybridized carbons (Fsp3) is 0. The zero-order valence-electron chi connectivity index (χ0n) is 5.63. The molecule has 0 saturated heterocycles. The molecule has 58 valence electrons. The Labute approximate surface area is 65.6 Å². The van der Waals surface area contributed by atoms with Gasteiger partial charge in [0.05, 0.1) is 6.21 Å². The summed E-state index contributed by atoms with van der Waals surface area (Å²) in [6, 6.07) is -0.727. The van der Waals surface area contributed by atoms with Crippen LogP contribution in [-0.4, -0.2) is 29.6 Å². The van der Waals surface area contributed by atoms with Crippen LogP contribution in [-0.2, 0) is 4.79 Å². The molecule has 0 unspecified atom stereocenters. The highest BCUT2D eigenvalue weighted by Crippen LogP contribution is 2.02. The minimum absolute atomic E-state index is 0.0926. The number of carbonyl (C=O) groups excluding carboxylic acids is 2. The first-order chi connectivity index (χ1) is 5.77. The minimum atomic E-state index is -0.727. The maximum atomic E-state index is 10.9. The van der Waals surface area contributed by atoms with Gasteiger partial charge in [-0.1, -0.05) is 5.11 Å². The second-order valence-corrected chi connectivity index (χ2v) is 1.98. The van der Waals surface area contributed by atoms with Crippen LogP contribution >= 0.6 is 0 Å². The maximum absolute atomic E-state index is 10.9. The number of hydrogen-bond donors (Lipinski definition) is 0. The molecule has 0 aromatic rings. The van der Waals surface area contributed by atoms with Crippen molar-refractivity contribution in [3.8, 4) is 0 Å². The lowest BCUT2D eigenvalue weighted by molar-refractivity contribution is -0.112. The van der Waals surface area contributed by atoms with E-state index in [-0.39, 0.29) is 11.4 Å². The molecule has 0 radical (unpaired) electrons. The highest BCUT2D eigenvalue weighted by molar-refractivity contribution is 6.80. The van der Waals surface area contributed by atoms with E-state index in [1.54, 1.807) is 0 Å². The second kappa shape index (κ2) is 2.22. The molecule has 0 bridgehead atoms. The van der Waals surface area contributed by atoms with Crippen LogP contribution in [0.1, 0.15) is 0 Å². The van der Waals surface area contributed by atoms with Gasteiger partial charge < -0.3 is 0 Å². The van der Waals surface area contributed by atoms with Gasteiger partial charge >= 0.3 is 11.9 Å². The standard InChI is InChI=1S/C5HN5O2/c11-4-3-2(8-10-9-4)1-6-5(12)7-3/h1H. The fourth-order valence-corrected chi connectivity index (χ4v) is 0.748. The van der Waals surface area contributed by atoms with Gasteiger partial charge in [0, 0.05) is 0 Å². The number of carbonyl (C=O) groups is 2. The third kappa shape index (κ3) is 0.875. The van der Waals surface area contributed by atoms with Crippen LogP contribution in [0.3, 0.4) is 0 Å². The zero-order chi connectivity index (χ0) is 8.55. The van der Waals surface area contributed by atoms with Gasteiger partial charge in [-0.15, -0.1) is 5.10 Å². The summed E-state index contributed by atoms with van der Waals surface area (Å²) in [5, 5.41) is 9.71. The van der Waals surface area contributed by atoms with Gasteiger partial charge in [0.2, 0.25) is 0 Å². The summed E-state index contributed by atoms with van der Waals surface area (Å²) in [5.74, 6) is -0.667. The molecule has 3 amide bonds. The normalized spacial score (nSPS) is 20.3. The summed E-state index contributed by atoms with van der Waals surface area (Å²) >= 11 is 0. The first-order valence-corrected chi connectivity index (χ1v) is 2.97. The van der Waals surface area contributed by atoms with E-state index in [1.807, 2.05) is 0 Å². The number of rotatable bonds is 0. The molecule has 0 atom stereocenters. The van der Waals surface area contributed by atoms with Gasteiger partial charge in [0.15, 0.2) is 5.71 Å². The lowest BCUT2D eigenvalue weighted by Gasteiger charge is -2.04. The Hall–Kier alpha value is -2.05. The van der Waals surface area contributed by atoms with Crippen LogP contribution < -0.4 is 0 Å². The van der Waals surface area contributed by atoms with E-state index in [1.165, 1.54) is 0 Å². The van der Waals surface area contributed by atoms with E-state index in [4.69, 9.17) is 0 Å². The Morgan fingerprint density at radius 2 is 2.08 bits per heavy atom. The van der Waals surface area contributed by atoms with E-state index in [0.29, 0.717) is 0 Å². The highest BCUT2D eigenvalue weighted by Gasteiger charge is 2.24. The Kier molecular flexibility index (Phi) is 1.23. The van der Waals surface area contributed by atoms with Gasteiger partial charge in [0.25, 0.3) is 0 Å². The molecule has 7 heteroatoms. The monoisotopic (exact) mass is 163 g/mol. The van der Waals surface area contributed by atoms with E-state index in [2.05, 4.69) is 25.4 Å². The number of aliphatic imine (C=N–C) groups is 2. The van der Waals surface area contributed by atoms with Crippen molar-refractivity contribution in [2.75, 3.05) is 0 Å². The molecule has 0 spiro atoms. The number of urea groups is 1. The first kappa shape index (κ1) is 6.65. The maximum Gasteiger partial charge on any atom is 0.367 e. The minimum Gasteiger partial charge on any atom is -0.263 e. The predicted molar refractivity (Wildman–Crippen MR) is 38.6 cm³/mol. The summed E-state index contributed by atoms with van der Waals surface area (Å²) < 4.78 is 0. The van der Waals surface area contributed by atoms with Crippen LogP contribution in [0.2, 0.25) is 0 Å². The molecule has 0 aromatic heterocycles. The van der Waals surface area contributed by atoms with Crippen molar-refractivity contribution in [2.24, 2.45) is 25.4 Å². The quantitative estimate of drug-likeness (QED) is 0.501. The van der Waals surface area contributed by atoms with Crippen molar-refractivity contribution in [3.63, 3.8) is 0 Å². The van der Waals surface area contributed by atoms with Crippen molar-refractivity contribution in [1.82, 2.24) is 0 Å². The fourth-order valence-electron chi connectivity index (χ4n) is 0.748. The third-order valence-corrected chi connectivity index (χ3v) is 1.24. The molecule has 7 nitrogen and oxygen atoms in total. The van der Waals surface area contributed by atoms with Crippen LogP contribution in [0.25, 0.3) is 0 Å². The lowest BCUT2D eigenvalue weighted by atomic mass is 10.2. The van der Waals surface area contributed by atoms with Crippen molar-refractivity contribution in [1.29, 1.82) is 0 Å². The van der Waals surface area contributed by atoms with Crippen molar-refractivity contribution in [2.45, 2.75) is 0 Å². The van der Waals surface area contributed by atoms with Gasteiger partial charge in [0.1, 0.15) is 5.71 Å². The molecule has 0 aliphatic carbocycles. The topological polar surface area (TPSA) is 95.9 Å². The molecular weight excluding hydrogens is 162 g/mol. The number of nitrogens with zero attached hydrogens (tertiary/aromatic N) is 5. The molecule has 2 aliphatic rings. The molecule has 2 aliphatic heterocycles. The molecule has 0 N–H and O–H groups in total. The Morgan fingerprint density at radius 1 is 1.25 bits per heavy atom. The van der Waals surface area contributed by atoms with Gasteiger partial charge in [-0.2, -0.15) is 9.98 Å². The van der Waals surface area contributed by atoms with Crippen LogP contribution in [0.5, 0.6) is 0 Å².